The van der Waals surface area contributed by atoms with Crippen LogP contribution in [0.1, 0.15) is 16.1 Å². The van der Waals surface area contributed by atoms with Crippen LogP contribution in [-0.4, -0.2) is 10.9 Å². The number of hydrogen-bond donors (Lipinski definition) is 0. The molecule has 1 aromatic carbocycles. The highest BCUT2D eigenvalue weighted by Gasteiger charge is 2.31. The van der Waals surface area contributed by atoms with Crippen LogP contribution in [0.15, 0.2) is 36.5 Å². The van der Waals surface area contributed by atoms with Gasteiger partial charge in [0.2, 0.25) is 0 Å². The third-order valence-electron chi connectivity index (χ3n) is 2.43. The SMILES string of the molecule is O=Cc1cccn1-c1cc(C(F)(F)F)ccc1Cl. The lowest BCUT2D eigenvalue weighted by atomic mass is 10.2. The smallest absolute Gasteiger partial charge is 0.313 e. The molecule has 2 nitrogen and oxygen atoms in total. The first-order chi connectivity index (χ1) is 8.43. The normalized spacial score (nSPS) is 11.6. The van der Waals surface area contributed by atoms with E-state index in [2.05, 4.69) is 0 Å². The van der Waals surface area contributed by atoms with E-state index in [-0.39, 0.29) is 16.4 Å². The van der Waals surface area contributed by atoms with E-state index in [0.29, 0.717) is 6.29 Å². The van der Waals surface area contributed by atoms with Crippen LogP contribution in [0.5, 0.6) is 0 Å². The Hall–Kier alpha value is -1.75. The van der Waals surface area contributed by atoms with E-state index < -0.39 is 11.7 Å². The first kappa shape index (κ1) is 12.7. The Balaban J connectivity index is 2.60. The zero-order valence-electron chi connectivity index (χ0n) is 8.91. The minimum absolute atomic E-state index is 0.124. The van der Waals surface area contributed by atoms with Crippen LogP contribution in [0.3, 0.4) is 0 Å². The molecule has 0 unspecified atom stereocenters. The van der Waals surface area contributed by atoms with Crippen molar-refractivity contribution in [1.82, 2.24) is 4.57 Å². The number of rotatable bonds is 2. The molecule has 1 heterocycles. The summed E-state index contributed by atoms with van der Waals surface area (Å²) in [5.74, 6) is 0. The molecule has 0 saturated heterocycles. The summed E-state index contributed by atoms with van der Waals surface area (Å²) in [6, 6.07) is 6.02. The van der Waals surface area contributed by atoms with Crippen LogP contribution < -0.4 is 0 Å². The molecule has 94 valence electrons. The fraction of sp³-hybridized carbons (Fsp3) is 0.0833. The number of benzene rings is 1. The maximum atomic E-state index is 12.6. The molecule has 1 aromatic heterocycles. The summed E-state index contributed by atoms with van der Waals surface area (Å²) < 4.78 is 39.1. The fourth-order valence-electron chi connectivity index (χ4n) is 1.58. The predicted octanol–water partition coefficient (Wildman–Crippen LogP) is 3.96. The van der Waals surface area contributed by atoms with E-state index >= 15 is 0 Å². The Morgan fingerprint density at radius 3 is 2.56 bits per heavy atom. The van der Waals surface area contributed by atoms with Gasteiger partial charge in [0.25, 0.3) is 0 Å². The molecule has 0 N–H and O–H groups in total. The van der Waals surface area contributed by atoms with Crippen molar-refractivity contribution >= 4 is 17.9 Å². The van der Waals surface area contributed by atoms with Crippen LogP contribution in [0, 0.1) is 0 Å². The molecule has 0 bridgehead atoms. The Labute approximate surface area is 106 Å². The van der Waals surface area contributed by atoms with Gasteiger partial charge in [0.05, 0.1) is 22.0 Å². The van der Waals surface area contributed by atoms with Gasteiger partial charge in [-0.25, -0.2) is 0 Å². The van der Waals surface area contributed by atoms with Crippen molar-refractivity contribution in [3.05, 3.63) is 52.8 Å². The monoisotopic (exact) mass is 273 g/mol. The number of nitrogens with zero attached hydrogens (tertiary/aromatic N) is 1. The first-order valence-corrected chi connectivity index (χ1v) is 5.31. The summed E-state index contributed by atoms with van der Waals surface area (Å²) >= 11 is 5.86. The van der Waals surface area contributed by atoms with Gasteiger partial charge in [0.15, 0.2) is 6.29 Å². The molecule has 0 radical (unpaired) electrons. The summed E-state index contributed by atoms with van der Waals surface area (Å²) in [6.07, 6.45) is -2.42. The summed E-state index contributed by atoms with van der Waals surface area (Å²) in [6.45, 7) is 0. The Kier molecular flexibility index (Phi) is 3.17. The number of hydrogen-bond acceptors (Lipinski definition) is 1. The van der Waals surface area contributed by atoms with Gasteiger partial charge >= 0.3 is 6.18 Å². The Morgan fingerprint density at radius 1 is 1.22 bits per heavy atom. The molecule has 0 amide bonds. The highest BCUT2D eigenvalue weighted by Crippen LogP contribution is 2.33. The van der Waals surface area contributed by atoms with E-state index in [4.69, 9.17) is 11.6 Å². The van der Waals surface area contributed by atoms with Crippen molar-refractivity contribution in [1.29, 1.82) is 0 Å². The van der Waals surface area contributed by atoms with E-state index in [1.807, 2.05) is 0 Å². The van der Waals surface area contributed by atoms with E-state index in [9.17, 15) is 18.0 Å². The average molecular weight is 274 g/mol. The molecule has 0 fully saturated rings. The van der Waals surface area contributed by atoms with Crippen molar-refractivity contribution in [2.45, 2.75) is 6.18 Å². The van der Waals surface area contributed by atoms with Gasteiger partial charge in [-0.3, -0.25) is 4.79 Å². The summed E-state index contributed by atoms with van der Waals surface area (Å²) in [5, 5.41) is 0.141. The molecule has 0 spiro atoms. The number of alkyl halides is 3. The quantitative estimate of drug-likeness (QED) is 0.759. The largest absolute Gasteiger partial charge is 0.416 e. The van der Waals surface area contributed by atoms with Crippen LogP contribution >= 0.6 is 11.6 Å². The second-order valence-electron chi connectivity index (χ2n) is 3.58. The molecule has 0 aliphatic heterocycles. The molecular weight excluding hydrogens is 267 g/mol. The molecule has 18 heavy (non-hydrogen) atoms. The van der Waals surface area contributed by atoms with Crippen molar-refractivity contribution in [2.24, 2.45) is 0 Å². The van der Waals surface area contributed by atoms with Crippen molar-refractivity contribution in [2.75, 3.05) is 0 Å². The number of aromatic nitrogens is 1. The van der Waals surface area contributed by atoms with Gasteiger partial charge in [-0.1, -0.05) is 11.6 Å². The van der Waals surface area contributed by atoms with Crippen LogP contribution in [0.2, 0.25) is 5.02 Å². The van der Waals surface area contributed by atoms with Gasteiger partial charge in [0, 0.05) is 6.20 Å². The van der Waals surface area contributed by atoms with Gasteiger partial charge in [0.1, 0.15) is 0 Å². The second kappa shape index (κ2) is 4.49. The Bertz CT molecular complexity index is 589. The van der Waals surface area contributed by atoms with E-state index in [1.54, 1.807) is 6.07 Å². The van der Waals surface area contributed by atoms with Crippen molar-refractivity contribution < 1.29 is 18.0 Å². The van der Waals surface area contributed by atoms with Gasteiger partial charge in [-0.2, -0.15) is 13.2 Å². The van der Waals surface area contributed by atoms with Crippen LogP contribution in [0.25, 0.3) is 5.69 Å². The zero-order valence-corrected chi connectivity index (χ0v) is 9.66. The third-order valence-corrected chi connectivity index (χ3v) is 2.75. The summed E-state index contributed by atoms with van der Waals surface area (Å²) in [7, 11) is 0. The lowest BCUT2D eigenvalue weighted by Gasteiger charge is -2.12. The van der Waals surface area contributed by atoms with Crippen LogP contribution in [0.4, 0.5) is 13.2 Å². The molecule has 2 aromatic rings. The highest BCUT2D eigenvalue weighted by atomic mass is 35.5. The summed E-state index contributed by atoms with van der Waals surface area (Å²) in [4.78, 5) is 10.8. The van der Waals surface area contributed by atoms with Crippen molar-refractivity contribution in [3.63, 3.8) is 0 Å². The molecule has 6 heteroatoms. The molecule has 0 saturated carbocycles. The fourth-order valence-corrected chi connectivity index (χ4v) is 1.79. The number of halogens is 4. The third kappa shape index (κ3) is 2.26. The van der Waals surface area contributed by atoms with Crippen molar-refractivity contribution in [3.8, 4) is 5.69 Å². The maximum Gasteiger partial charge on any atom is 0.416 e. The summed E-state index contributed by atoms with van der Waals surface area (Å²) in [5.41, 5.74) is -0.456. The lowest BCUT2D eigenvalue weighted by Crippen LogP contribution is -2.07. The van der Waals surface area contributed by atoms with Gasteiger partial charge in [-0.15, -0.1) is 0 Å². The lowest BCUT2D eigenvalue weighted by molar-refractivity contribution is -0.137. The molecular formula is C12H7ClF3NO. The number of carbonyl (C=O) groups is 1. The average Bonchev–Trinajstić information content (AvgIpc) is 2.76. The Morgan fingerprint density at radius 2 is 1.94 bits per heavy atom. The minimum atomic E-state index is -4.45. The minimum Gasteiger partial charge on any atom is -0.313 e. The topological polar surface area (TPSA) is 22.0 Å². The van der Waals surface area contributed by atoms with E-state index in [0.717, 1.165) is 18.2 Å². The number of aldehydes is 1. The molecule has 0 aliphatic carbocycles. The number of carbonyl (C=O) groups excluding carboxylic acids is 1. The zero-order chi connectivity index (χ0) is 13.3. The molecule has 0 atom stereocenters. The maximum absolute atomic E-state index is 12.6. The predicted molar refractivity (Wildman–Crippen MR) is 61.2 cm³/mol. The van der Waals surface area contributed by atoms with E-state index in [1.165, 1.54) is 16.8 Å². The highest BCUT2D eigenvalue weighted by molar-refractivity contribution is 6.32. The molecule has 2 rings (SSSR count). The second-order valence-corrected chi connectivity index (χ2v) is 3.99. The van der Waals surface area contributed by atoms with Gasteiger partial charge in [-0.05, 0) is 30.3 Å². The van der Waals surface area contributed by atoms with Crippen LogP contribution in [-0.2, 0) is 6.18 Å². The van der Waals surface area contributed by atoms with Gasteiger partial charge < -0.3 is 4.57 Å². The molecule has 0 aliphatic rings. The standard InChI is InChI=1S/C12H7ClF3NO/c13-10-4-3-8(12(14,15)16)6-11(10)17-5-1-2-9(17)7-18/h1-7H. The first-order valence-electron chi connectivity index (χ1n) is 4.93.